The van der Waals surface area contributed by atoms with E-state index in [1.165, 1.54) is 18.2 Å². The second-order valence-electron chi connectivity index (χ2n) is 4.06. The smallest absolute Gasteiger partial charge is 0.310 e. The van der Waals surface area contributed by atoms with Gasteiger partial charge in [0.25, 0.3) is 0 Å². The highest BCUT2D eigenvalue weighted by atomic mass is 16.6. The van der Waals surface area contributed by atoms with Crippen LogP contribution < -0.4 is 4.74 Å². The molecular weight excluding hydrogens is 238 g/mol. The zero-order valence-electron chi connectivity index (χ0n) is 9.70. The topological polar surface area (TPSA) is 78.7 Å². The number of hydrogen-bond acceptors (Lipinski definition) is 5. The summed E-state index contributed by atoms with van der Waals surface area (Å²) in [6, 6.07) is 4.07. The monoisotopic (exact) mass is 251 g/mol. The van der Waals surface area contributed by atoms with Crippen molar-refractivity contribution in [1.82, 2.24) is 0 Å². The van der Waals surface area contributed by atoms with Crippen molar-refractivity contribution >= 4 is 12.0 Å². The van der Waals surface area contributed by atoms with Gasteiger partial charge in [0.2, 0.25) is 0 Å². The number of aldehydes is 1. The number of nitrogens with zero attached hydrogens (tertiary/aromatic N) is 1. The van der Waals surface area contributed by atoms with Gasteiger partial charge in [-0.1, -0.05) is 0 Å². The fourth-order valence-electron chi connectivity index (χ4n) is 1.83. The van der Waals surface area contributed by atoms with E-state index in [9.17, 15) is 14.9 Å². The standard InChI is InChI=1S/C12H13NO5/c14-7-9-3-4-11(13(15)16)12(6-9)18-10-2-1-5-17-8-10/h3-4,6-7,10H,1-2,5,8H2. The fourth-order valence-corrected chi connectivity index (χ4v) is 1.83. The van der Waals surface area contributed by atoms with Crippen LogP contribution in [0.4, 0.5) is 5.69 Å². The van der Waals surface area contributed by atoms with E-state index < -0.39 is 4.92 Å². The zero-order chi connectivity index (χ0) is 13.0. The van der Waals surface area contributed by atoms with Gasteiger partial charge in [0, 0.05) is 18.2 Å². The van der Waals surface area contributed by atoms with Crippen molar-refractivity contribution in [3.8, 4) is 5.75 Å². The van der Waals surface area contributed by atoms with Crippen LogP contribution in [0.1, 0.15) is 23.2 Å². The Morgan fingerprint density at radius 1 is 1.50 bits per heavy atom. The van der Waals surface area contributed by atoms with Crippen LogP contribution in [0.15, 0.2) is 18.2 Å². The van der Waals surface area contributed by atoms with Crippen LogP contribution in [0.5, 0.6) is 5.75 Å². The van der Waals surface area contributed by atoms with Crippen LogP contribution in [-0.4, -0.2) is 30.5 Å². The number of carbonyl (C=O) groups excluding carboxylic acids is 1. The number of nitro groups is 1. The number of nitro benzene ring substituents is 1. The summed E-state index contributed by atoms with van der Waals surface area (Å²) in [5.41, 5.74) is 0.221. The van der Waals surface area contributed by atoms with E-state index in [1.807, 2.05) is 0 Å². The molecule has 96 valence electrons. The Morgan fingerprint density at radius 2 is 2.33 bits per heavy atom. The van der Waals surface area contributed by atoms with E-state index in [-0.39, 0.29) is 17.5 Å². The molecule has 0 N–H and O–H groups in total. The molecule has 1 atom stereocenters. The summed E-state index contributed by atoms with van der Waals surface area (Å²) in [5.74, 6) is 0.125. The van der Waals surface area contributed by atoms with Crippen molar-refractivity contribution in [3.05, 3.63) is 33.9 Å². The van der Waals surface area contributed by atoms with Crippen molar-refractivity contribution in [2.75, 3.05) is 13.2 Å². The molecule has 0 saturated carbocycles. The molecule has 0 aromatic heterocycles. The number of rotatable bonds is 4. The Bertz CT molecular complexity index is 454. The van der Waals surface area contributed by atoms with Gasteiger partial charge in [0.15, 0.2) is 5.75 Å². The summed E-state index contributed by atoms with van der Waals surface area (Å²) in [4.78, 5) is 21.0. The lowest BCUT2D eigenvalue weighted by Crippen LogP contribution is -2.28. The van der Waals surface area contributed by atoms with Gasteiger partial charge in [0.05, 0.1) is 11.5 Å². The number of benzene rings is 1. The number of hydrogen-bond donors (Lipinski definition) is 0. The van der Waals surface area contributed by atoms with E-state index in [1.54, 1.807) is 0 Å². The van der Waals surface area contributed by atoms with Gasteiger partial charge < -0.3 is 9.47 Å². The van der Waals surface area contributed by atoms with Gasteiger partial charge in [-0.2, -0.15) is 0 Å². The summed E-state index contributed by atoms with van der Waals surface area (Å²) in [7, 11) is 0. The molecule has 6 nitrogen and oxygen atoms in total. The van der Waals surface area contributed by atoms with E-state index >= 15 is 0 Å². The second kappa shape index (κ2) is 5.59. The Kier molecular flexibility index (Phi) is 3.88. The first kappa shape index (κ1) is 12.5. The van der Waals surface area contributed by atoms with Crippen LogP contribution >= 0.6 is 0 Å². The molecule has 1 aliphatic rings. The van der Waals surface area contributed by atoms with Crippen molar-refractivity contribution in [3.63, 3.8) is 0 Å². The van der Waals surface area contributed by atoms with E-state index in [4.69, 9.17) is 9.47 Å². The molecule has 6 heteroatoms. The lowest BCUT2D eigenvalue weighted by atomic mass is 10.1. The Labute approximate surface area is 104 Å². The lowest BCUT2D eigenvalue weighted by molar-refractivity contribution is -0.386. The van der Waals surface area contributed by atoms with Crippen LogP contribution in [-0.2, 0) is 4.74 Å². The Balaban J connectivity index is 2.22. The molecule has 0 aliphatic carbocycles. The number of carbonyl (C=O) groups is 1. The van der Waals surface area contributed by atoms with E-state index in [2.05, 4.69) is 0 Å². The molecule has 0 bridgehead atoms. The molecule has 0 spiro atoms. The minimum Gasteiger partial charge on any atom is -0.481 e. The average molecular weight is 251 g/mol. The molecule has 1 heterocycles. The molecule has 18 heavy (non-hydrogen) atoms. The molecule has 1 aromatic rings. The Morgan fingerprint density at radius 3 is 2.94 bits per heavy atom. The van der Waals surface area contributed by atoms with E-state index in [0.29, 0.717) is 25.1 Å². The predicted octanol–water partition coefficient (Wildman–Crippen LogP) is 1.97. The maximum absolute atomic E-state index is 10.9. The molecule has 2 rings (SSSR count). The highest BCUT2D eigenvalue weighted by Crippen LogP contribution is 2.29. The third kappa shape index (κ3) is 2.84. The molecule has 1 unspecified atom stereocenters. The summed E-state index contributed by atoms with van der Waals surface area (Å²) < 4.78 is 10.8. The summed E-state index contributed by atoms with van der Waals surface area (Å²) in [6.07, 6.45) is 2.10. The van der Waals surface area contributed by atoms with E-state index in [0.717, 1.165) is 12.8 Å². The van der Waals surface area contributed by atoms with Crippen LogP contribution in [0.25, 0.3) is 0 Å². The normalized spacial score (nSPS) is 19.2. The number of ether oxygens (including phenoxy) is 2. The van der Waals surface area contributed by atoms with Gasteiger partial charge in [-0.25, -0.2) is 0 Å². The van der Waals surface area contributed by atoms with Gasteiger partial charge in [-0.3, -0.25) is 14.9 Å². The minimum absolute atomic E-state index is 0.125. The lowest BCUT2D eigenvalue weighted by Gasteiger charge is -2.23. The minimum atomic E-state index is -0.520. The molecule has 0 radical (unpaired) electrons. The van der Waals surface area contributed by atoms with Crippen LogP contribution in [0.3, 0.4) is 0 Å². The average Bonchev–Trinajstić information content (AvgIpc) is 2.39. The highest BCUT2D eigenvalue weighted by Gasteiger charge is 2.21. The molecule has 0 amide bonds. The first-order chi connectivity index (χ1) is 8.70. The third-order valence-electron chi connectivity index (χ3n) is 2.73. The third-order valence-corrected chi connectivity index (χ3v) is 2.73. The highest BCUT2D eigenvalue weighted by molar-refractivity contribution is 5.76. The van der Waals surface area contributed by atoms with Crippen LogP contribution in [0.2, 0.25) is 0 Å². The van der Waals surface area contributed by atoms with Crippen molar-refractivity contribution in [1.29, 1.82) is 0 Å². The maximum atomic E-state index is 10.9. The van der Waals surface area contributed by atoms with Crippen molar-refractivity contribution in [2.45, 2.75) is 18.9 Å². The summed E-state index contributed by atoms with van der Waals surface area (Å²) in [5, 5.41) is 10.9. The largest absolute Gasteiger partial charge is 0.481 e. The first-order valence-corrected chi connectivity index (χ1v) is 5.68. The second-order valence-corrected chi connectivity index (χ2v) is 4.06. The first-order valence-electron chi connectivity index (χ1n) is 5.68. The molecule has 1 aliphatic heterocycles. The van der Waals surface area contributed by atoms with Crippen molar-refractivity contribution in [2.24, 2.45) is 0 Å². The SMILES string of the molecule is O=Cc1ccc([N+](=O)[O-])c(OC2CCCOC2)c1. The fraction of sp³-hybridized carbons (Fsp3) is 0.417. The van der Waals surface area contributed by atoms with Gasteiger partial charge in [-0.05, 0) is 25.0 Å². The molecule has 1 saturated heterocycles. The van der Waals surface area contributed by atoms with Crippen molar-refractivity contribution < 1.29 is 19.2 Å². The molecule has 1 aromatic carbocycles. The maximum Gasteiger partial charge on any atom is 0.310 e. The summed E-state index contributed by atoms with van der Waals surface area (Å²) in [6.45, 7) is 1.11. The van der Waals surface area contributed by atoms with Gasteiger partial charge in [-0.15, -0.1) is 0 Å². The predicted molar refractivity (Wildman–Crippen MR) is 63.0 cm³/mol. The van der Waals surface area contributed by atoms with Gasteiger partial charge >= 0.3 is 5.69 Å². The quantitative estimate of drug-likeness (QED) is 0.464. The van der Waals surface area contributed by atoms with Crippen LogP contribution in [0, 0.1) is 10.1 Å². The zero-order valence-corrected chi connectivity index (χ0v) is 9.70. The van der Waals surface area contributed by atoms with Gasteiger partial charge in [0.1, 0.15) is 12.4 Å². The summed E-state index contributed by atoms with van der Waals surface area (Å²) >= 11 is 0. The molecule has 1 fully saturated rings. The Hall–Kier alpha value is -1.95. The molecular formula is C12H13NO5.